The number of hydrogen-bond acceptors (Lipinski definition) is 1. The zero-order chi connectivity index (χ0) is 12.0. The molecule has 0 aromatic carbocycles. The van der Waals surface area contributed by atoms with Crippen LogP contribution in [-0.2, 0) is 4.79 Å². The fourth-order valence-corrected chi connectivity index (χ4v) is 2.86. The van der Waals surface area contributed by atoms with E-state index in [0.29, 0.717) is 0 Å². The van der Waals surface area contributed by atoms with Crippen LogP contribution < -0.4 is 0 Å². The van der Waals surface area contributed by atoms with Gasteiger partial charge in [-0.1, -0.05) is 57.9 Å². The molecule has 0 spiro atoms. The van der Waals surface area contributed by atoms with Crippen LogP contribution >= 0.6 is 0 Å². The Bertz CT molecular complexity index is 207. The van der Waals surface area contributed by atoms with Gasteiger partial charge in [-0.25, -0.2) is 4.79 Å². The average Bonchev–Trinajstić information content (AvgIpc) is 2.30. The van der Waals surface area contributed by atoms with E-state index in [9.17, 15) is 4.79 Å². The molecule has 2 fully saturated rings. The first kappa shape index (κ1) is 13.3. The predicted molar refractivity (Wildman–Crippen MR) is 66.4 cm³/mol. The van der Waals surface area contributed by atoms with Crippen LogP contribution in [-0.4, -0.2) is 11.1 Å². The van der Waals surface area contributed by atoms with Crippen LogP contribution in [0.1, 0.15) is 58.3 Å². The summed E-state index contributed by atoms with van der Waals surface area (Å²) in [4.78, 5) is 9.60. The monoisotopic (exact) mass is 224 g/mol. The third-order valence-corrected chi connectivity index (χ3v) is 3.83. The molecule has 2 rings (SSSR count). The molecule has 16 heavy (non-hydrogen) atoms. The number of carbonyl (C=O) groups is 1. The predicted octanol–water partition coefficient (Wildman–Crippen LogP) is 4.01. The lowest BCUT2D eigenvalue weighted by atomic mass is 9.71. The van der Waals surface area contributed by atoms with E-state index in [2.05, 4.69) is 6.58 Å². The highest BCUT2D eigenvalue weighted by molar-refractivity contribution is 5.84. The van der Waals surface area contributed by atoms with E-state index in [4.69, 9.17) is 5.11 Å². The Morgan fingerprint density at radius 2 is 1.25 bits per heavy atom. The van der Waals surface area contributed by atoms with Gasteiger partial charge in [0.1, 0.15) is 0 Å². The summed E-state index contributed by atoms with van der Waals surface area (Å²) in [6.07, 6.45) is 12.4. The minimum absolute atomic E-state index is 0.176. The number of rotatable bonds is 1. The maximum absolute atomic E-state index is 9.60. The molecule has 0 aliphatic heterocycles. The van der Waals surface area contributed by atoms with Gasteiger partial charge in [0.2, 0.25) is 0 Å². The summed E-state index contributed by atoms with van der Waals surface area (Å²) < 4.78 is 0. The van der Waals surface area contributed by atoms with Crippen molar-refractivity contribution in [2.75, 3.05) is 0 Å². The third-order valence-electron chi connectivity index (χ3n) is 3.83. The largest absolute Gasteiger partial charge is 0.478 e. The lowest BCUT2D eigenvalue weighted by Crippen LogP contribution is -2.22. The molecule has 0 amide bonds. The molecule has 2 aliphatic rings. The maximum atomic E-state index is 9.60. The van der Waals surface area contributed by atoms with Gasteiger partial charge < -0.3 is 5.11 Å². The Morgan fingerprint density at radius 1 is 1.00 bits per heavy atom. The first-order valence-corrected chi connectivity index (χ1v) is 6.50. The fraction of sp³-hybridized carbons (Fsp3) is 0.786. The Balaban J connectivity index is 0.000000187. The number of carboxylic acid groups (broad SMARTS) is 1. The van der Waals surface area contributed by atoms with Crippen molar-refractivity contribution < 1.29 is 9.90 Å². The van der Waals surface area contributed by atoms with Gasteiger partial charge >= 0.3 is 5.97 Å². The van der Waals surface area contributed by atoms with E-state index >= 15 is 0 Å². The minimum atomic E-state index is -0.935. The van der Waals surface area contributed by atoms with Crippen LogP contribution in [0.15, 0.2) is 12.2 Å². The van der Waals surface area contributed by atoms with Crippen molar-refractivity contribution in [1.29, 1.82) is 0 Å². The Morgan fingerprint density at radius 3 is 1.44 bits per heavy atom. The standard InChI is InChI=1S/C10H18.C4H6O2/c1-2-6-10-8-4-3-7-9(10)5-1;1-3(2)4(5)6/h9-10H,1-8H2;1H2,2H3,(H,5,6). The fourth-order valence-electron chi connectivity index (χ4n) is 2.86. The molecule has 2 aliphatic carbocycles. The van der Waals surface area contributed by atoms with Crippen molar-refractivity contribution in [2.24, 2.45) is 11.8 Å². The first-order chi connectivity index (χ1) is 7.61. The molecular weight excluding hydrogens is 200 g/mol. The second-order valence-electron chi connectivity index (χ2n) is 5.17. The van der Waals surface area contributed by atoms with Crippen LogP contribution in [0.5, 0.6) is 0 Å². The molecule has 1 N–H and O–H groups in total. The lowest BCUT2D eigenvalue weighted by Gasteiger charge is -2.35. The first-order valence-electron chi connectivity index (χ1n) is 6.50. The van der Waals surface area contributed by atoms with Gasteiger partial charge in [-0.15, -0.1) is 0 Å². The van der Waals surface area contributed by atoms with Crippen LogP contribution in [0.3, 0.4) is 0 Å². The van der Waals surface area contributed by atoms with E-state index in [1.165, 1.54) is 32.6 Å². The molecule has 0 bridgehead atoms. The van der Waals surface area contributed by atoms with E-state index in [1.807, 2.05) is 0 Å². The van der Waals surface area contributed by atoms with Crippen LogP contribution in [0.2, 0.25) is 0 Å². The van der Waals surface area contributed by atoms with Gasteiger partial charge in [-0.3, -0.25) is 0 Å². The second-order valence-corrected chi connectivity index (χ2v) is 5.17. The van der Waals surface area contributed by atoms with Crippen LogP contribution in [0.25, 0.3) is 0 Å². The zero-order valence-corrected chi connectivity index (χ0v) is 10.4. The molecule has 0 saturated heterocycles. The quantitative estimate of drug-likeness (QED) is 0.683. The Kier molecular flexibility index (Phi) is 5.58. The molecule has 0 unspecified atom stereocenters. The average molecular weight is 224 g/mol. The highest BCUT2D eigenvalue weighted by atomic mass is 16.4. The molecule has 0 aromatic heterocycles. The highest BCUT2D eigenvalue weighted by Gasteiger charge is 2.26. The third kappa shape index (κ3) is 4.38. The SMILES string of the molecule is C1CCC2CCCCC2C1.C=C(C)C(=O)O. The molecule has 0 atom stereocenters. The van der Waals surface area contributed by atoms with Crippen molar-refractivity contribution in [2.45, 2.75) is 58.3 Å². The summed E-state index contributed by atoms with van der Waals surface area (Å²) in [6.45, 7) is 4.60. The van der Waals surface area contributed by atoms with Crippen molar-refractivity contribution in [3.63, 3.8) is 0 Å². The van der Waals surface area contributed by atoms with Gasteiger partial charge in [-0.05, 0) is 18.8 Å². The van der Waals surface area contributed by atoms with Crippen LogP contribution in [0, 0.1) is 11.8 Å². The topological polar surface area (TPSA) is 37.3 Å². The minimum Gasteiger partial charge on any atom is -0.478 e. The van der Waals surface area contributed by atoms with E-state index in [1.54, 1.807) is 25.7 Å². The van der Waals surface area contributed by atoms with Crippen molar-refractivity contribution in [1.82, 2.24) is 0 Å². The Labute approximate surface area is 98.7 Å². The van der Waals surface area contributed by atoms with E-state index < -0.39 is 5.97 Å². The Hall–Kier alpha value is -0.790. The summed E-state index contributed by atoms with van der Waals surface area (Å²) >= 11 is 0. The summed E-state index contributed by atoms with van der Waals surface area (Å²) in [6, 6.07) is 0. The molecule has 92 valence electrons. The molecular formula is C14H24O2. The van der Waals surface area contributed by atoms with Crippen molar-refractivity contribution in [3.05, 3.63) is 12.2 Å². The summed E-state index contributed by atoms with van der Waals surface area (Å²) in [5, 5.41) is 7.89. The number of fused-ring (bicyclic) bond motifs is 1. The maximum Gasteiger partial charge on any atom is 0.330 e. The van der Waals surface area contributed by atoms with E-state index in [0.717, 1.165) is 11.8 Å². The van der Waals surface area contributed by atoms with Gasteiger partial charge in [0.15, 0.2) is 0 Å². The van der Waals surface area contributed by atoms with Crippen LogP contribution in [0.4, 0.5) is 0 Å². The molecule has 2 heteroatoms. The molecule has 0 radical (unpaired) electrons. The normalized spacial score (nSPS) is 28.3. The number of hydrogen-bond donors (Lipinski definition) is 1. The smallest absolute Gasteiger partial charge is 0.330 e. The van der Waals surface area contributed by atoms with Gasteiger partial charge in [-0.2, -0.15) is 0 Å². The van der Waals surface area contributed by atoms with Crippen molar-refractivity contribution >= 4 is 5.97 Å². The summed E-state index contributed by atoms with van der Waals surface area (Å²) in [7, 11) is 0. The lowest BCUT2D eigenvalue weighted by molar-refractivity contribution is -0.132. The summed E-state index contributed by atoms with van der Waals surface area (Å²) in [5.41, 5.74) is 0.176. The second kappa shape index (κ2) is 6.72. The summed E-state index contributed by atoms with van der Waals surface area (Å²) in [5.74, 6) is 1.38. The zero-order valence-electron chi connectivity index (χ0n) is 10.4. The number of aliphatic carboxylic acids is 1. The van der Waals surface area contributed by atoms with Crippen molar-refractivity contribution in [3.8, 4) is 0 Å². The molecule has 2 saturated carbocycles. The molecule has 0 aromatic rings. The van der Waals surface area contributed by atoms with E-state index in [-0.39, 0.29) is 5.57 Å². The van der Waals surface area contributed by atoms with Gasteiger partial charge in [0.05, 0.1) is 0 Å². The van der Waals surface area contributed by atoms with Gasteiger partial charge in [0.25, 0.3) is 0 Å². The highest BCUT2D eigenvalue weighted by Crippen LogP contribution is 2.39. The molecule has 2 nitrogen and oxygen atoms in total. The van der Waals surface area contributed by atoms with Gasteiger partial charge in [0, 0.05) is 5.57 Å². The number of carboxylic acids is 1. The molecule has 0 heterocycles.